The van der Waals surface area contributed by atoms with E-state index >= 15 is 0 Å². The first-order valence-corrected chi connectivity index (χ1v) is 14.6. The van der Waals surface area contributed by atoms with Gasteiger partial charge >= 0.3 is 0 Å². The number of hydrogen-bond donors (Lipinski definition) is 2. The van der Waals surface area contributed by atoms with Gasteiger partial charge < -0.3 is 20.4 Å². The lowest BCUT2D eigenvalue weighted by Gasteiger charge is -2.42. The van der Waals surface area contributed by atoms with E-state index in [0.717, 1.165) is 68.7 Å². The molecule has 3 aromatic rings. The highest BCUT2D eigenvalue weighted by Crippen LogP contribution is 2.30. The summed E-state index contributed by atoms with van der Waals surface area (Å²) in [5.41, 5.74) is 8.79. The van der Waals surface area contributed by atoms with Crippen LogP contribution in [0.5, 0.6) is 0 Å². The molecule has 2 aliphatic rings. The first kappa shape index (κ1) is 27.9. The molecule has 1 atom stereocenters. The second-order valence-electron chi connectivity index (χ2n) is 11.4. The SMILES string of the molecule is Cc1cccc(C)c1C(=O)NCCC(C)N1CCC(N(Cc2cccc(C#N)c2)c2ccc3c(c2)CNC3)CC1. The van der Waals surface area contributed by atoms with Gasteiger partial charge in [-0.25, -0.2) is 0 Å². The van der Waals surface area contributed by atoms with Gasteiger partial charge in [-0.05, 0) is 92.1 Å². The molecule has 6 nitrogen and oxygen atoms in total. The number of nitrogens with one attached hydrogen (secondary N) is 2. The Labute approximate surface area is 239 Å². The van der Waals surface area contributed by atoms with Crippen LogP contribution < -0.4 is 15.5 Å². The number of aryl methyl sites for hydroxylation is 2. The maximum Gasteiger partial charge on any atom is 0.251 e. The summed E-state index contributed by atoms with van der Waals surface area (Å²) in [7, 11) is 0. The second kappa shape index (κ2) is 12.7. The molecule has 5 rings (SSSR count). The topological polar surface area (TPSA) is 71.4 Å². The fraction of sp³-hybridized carbons (Fsp3) is 0.412. The minimum atomic E-state index is 0.0298. The number of anilines is 1. The third-order valence-corrected chi connectivity index (χ3v) is 8.68. The molecular weight excluding hydrogens is 494 g/mol. The van der Waals surface area contributed by atoms with E-state index in [4.69, 9.17) is 0 Å². The van der Waals surface area contributed by atoms with Gasteiger partial charge in [0.25, 0.3) is 5.91 Å². The largest absolute Gasteiger partial charge is 0.364 e. The van der Waals surface area contributed by atoms with Crippen LogP contribution in [0.15, 0.2) is 60.7 Å². The zero-order valence-corrected chi connectivity index (χ0v) is 24.0. The van der Waals surface area contributed by atoms with Crippen molar-refractivity contribution in [1.29, 1.82) is 5.26 Å². The van der Waals surface area contributed by atoms with Crippen LogP contribution >= 0.6 is 0 Å². The Kier molecular flexibility index (Phi) is 8.84. The van der Waals surface area contributed by atoms with Crippen molar-refractivity contribution in [2.24, 2.45) is 0 Å². The highest BCUT2D eigenvalue weighted by atomic mass is 16.1. The van der Waals surface area contributed by atoms with Crippen molar-refractivity contribution in [2.45, 2.75) is 71.8 Å². The van der Waals surface area contributed by atoms with Crippen LogP contribution in [0.25, 0.3) is 0 Å². The number of carbonyl (C=O) groups excluding carboxylic acids is 1. The maximum atomic E-state index is 12.8. The van der Waals surface area contributed by atoms with Crippen LogP contribution in [0, 0.1) is 25.2 Å². The van der Waals surface area contributed by atoms with Gasteiger partial charge in [0.15, 0.2) is 0 Å². The quantitative estimate of drug-likeness (QED) is 0.381. The predicted molar refractivity (Wildman–Crippen MR) is 161 cm³/mol. The van der Waals surface area contributed by atoms with Gasteiger partial charge in [-0.2, -0.15) is 5.26 Å². The smallest absolute Gasteiger partial charge is 0.251 e. The maximum absolute atomic E-state index is 12.8. The molecule has 2 N–H and O–H groups in total. The van der Waals surface area contributed by atoms with Crippen LogP contribution in [-0.4, -0.2) is 42.5 Å². The average Bonchev–Trinajstić information content (AvgIpc) is 3.44. The molecule has 0 aromatic heterocycles. The minimum absolute atomic E-state index is 0.0298. The summed E-state index contributed by atoms with van der Waals surface area (Å²) in [6.45, 7) is 11.7. The minimum Gasteiger partial charge on any atom is -0.364 e. The van der Waals surface area contributed by atoms with E-state index in [-0.39, 0.29) is 5.91 Å². The lowest BCUT2D eigenvalue weighted by molar-refractivity contribution is 0.0944. The van der Waals surface area contributed by atoms with Gasteiger partial charge in [-0.1, -0.05) is 36.4 Å². The van der Waals surface area contributed by atoms with E-state index in [9.17, 15) is 10.1 Å². The molecule has 1 fully saturated rings. The van der Waals surface area contributed by atoms with E-state index in [1.807, 2.05) is 50.2 Å². The molecule has 1 amide bonds. The Morgan fingerprint density at radius 1 is 1.05 bits per heavy atom. The number of rotatable bonds is 9. The fourth-order valence-electron chi connectivity index (χ4n) is 6.30. The van der Waals surface area contributed by atoms with Crippen LogP contribution in [0.4, 0.5) is 5.69 Å². The number of piperidine rings is 1. The van der Waals surface area contributed by atoms with Crippen LogP contribution in [0.2, 0.25) is 0 Å². The van der Waals surface area contributed by atoms with Crippen molar-refractivity contribution in [3.63, 3.8) is 0 Å². The summed E-state index contributed by atoms with van der Waals surface area (Å²) >= 11 is 0. The van der Waals surface area contributed by atoms with Crippen LogP contribution in [0.1, 0.15) is 69.9 Å². The van der Waals surface area contributed by atoms with Crippen molar-refractivity contribution in [3.8, 4) is 6.07 Å². The van der Waals surface area contributed by atoms with E-state index in [1.54, 1.807) is 0 Å². The highest BCUT2D eigenvalue weighted by molar-refractivity contribution is 5.97. The number of hydrogen-bond acceptors (Lipinski definition) is 5. The molecule has 1 saturated heterocycles. The van der Waals surface area contributed by atoms with Crippen molar-refractivity contribution in [1.82, 2.24) is 15.5 Å². The molecular formula is C34H41N5O. The summed E-state index contributed by atoms with van der Waals surface area (Å²) in [5.74, 6) is 0.0298. The molecule has 3 aromatic carbocycles. The second-order valence-corrected chi connectivity index (χ2v) is 11.4. The number of benzene rings is 3. The lowest BCUT2D eigenvalue weighted by Crippen LogP contribution is -2.48. The molecule has 40 heavy (non-hydrogen) atoms. The van der Waals surface area contributed by atoms with E-state index < -0.39 is 0 Å². The van der Waals surface area contributed by atoms with Gasteiger partial charge in [-0.3, -0.25) is 4.79 Å². The van der Waals surface area contributed by atoms with Gasteiger partial charge in [0.2, 0.25) is 0 Å². The summed E-state index contributed by atoms with van der Waals surface area (Å²) in [6, 6.07) is 24.0. The predicted octanol–water partition coefficient (Wildman–Crippen LogP) is 5.46. The molecule has 2 aliphatic heterocycles. The van der Waals surface area contributed by atoms with E-state index in [2.05, 4.69) is 57.7 Å². The van der Waals surface area contributed by atoms with Crippen molar-refractivity contribution in [2.75, 3.05) is 24.5 Å². The first-order valence-electron chi connectivity index (χ1n) is 14.6. The molecule has 1 unspecified atom stereocenters. The molecule has 0 saturated carbocycles. The van der Waals surface area contributed by atoms with Gasteiger partial charge in [0.05, 0.1) is 11.6 Å². The fourth-order valence-corrected chi connectivity index (χ4v) is 6.30. The Hall–Kier alpha value is -3.66. The third-order valence-electron chi connectivity index (χ3n) is 8.68. The number of nitrogens with zero attached hydrogens (tertiary/aromatic N) is 3. The molecule has 0 radical (unpaired) electrons. The lowest BCUT2D eigenvalue weighted by atomic mass is 9.98. The summed E-state index contributed by atoms with van der Waals surface area (Å²) < 4.78 is 0. The number of fused-ring (bicyclic) bond motifs is 1. The van der Waals surface area contributed by atoms with Gasteiger partial charge in [-0.15, -0.1) is 0 Å². The zero-order chi connectivity index (χ0) is 28.1. The van der Waals surface area contributed by atoms with Crippen LogP contribution in [0.3, 0.4) is 0 Å². The number of amides is 1. The Morgan fingerprint density at radius 2 is 1.77 bits per heavy atom. The van der Waals surface area contributed by atoms with Crippen molar-refractivity contribution < 1.29 is 4.79 Å². The molecule has 6 heteroatoms. The number of carbonyl (C=O) groups is 1. The Morgan fingerprint density at radius 3 is 2.52 bits per heavy atom. The van der Waals surface area contributed by atoms with Gasteiger partial charge in [0, 0.05) is 62.6 Å². The number of likely N-dealkylation sites (tertiary alicyclic amines) is 1. The highest BCUT2D eigenvalue weighted by Gasteiger charge is 2.28. The zero-order valence-electron chi connectivity index (χ0n) is 24.0. The van der Waals surface area contributed by atoms with Gasteiger partial charge in [0.1, 0.15) is 0 Å². The van der Waals surface area contributed by atoms with Crippen molar-refractivity contribution >= 4 is 11.6 Å². The molecule has 0 spiro atoms. The van der Waals surface area contributed by atoms with E-state index in [0.29, 0.717) is 24.2 Å². The standard InChI is InChI=1S/C34H41N5O/c1-24-6-4-7-25(2)33(24)34(40)37-15-12-26(3)38-16-13-31(14-17-38)39(23-28-9-5-8-27(18-28)20-35)32-11-10-29-21-36-22-30(29)19-32/h4-11,18-19,26,31,36H,12-17,21-23H2,1-3H3,(H,37,40). The summed E-state index contributed by atoms with van der Waals surface area (Å²) in [4.78, 5) is 17.9. The van der Waals surface area contributed by atoms with Crippen LogP contribution in [-0.2, 0) is 19.6 Å². The molecule has 0 bridgehead atoms. The molecule has 0 aliphatic carbocycles. The van der Waals surface area contributed by atoms with Crippen molar-refractivity contribution in [3.05, 3.63) is 99.6 Å². The monoisotopic (exact) mass is 535 g/mol. The Bertz CT molecular complexity index is 1370. The van der Waals surface area contributed by atoms with E-state index in [1.165, 1.54) is 22.4 Å². The number of nitriles is 1. The molecule has 208 valence electrons. The summed E-state index contributed by atoms with van der Waals surface area (Å²) in [6.07, 6.45) is 3.11. The third kappa shape index (κ3) is 6.38. The first-order chi connectivity index (χ1) is 19.4. The average molecular weight is 536 g/mol. The Balaban J connectivity index is 1.20. The normalized spacial score (nSPS) is 16.2. The molecule has 2 heterocycles. The summed E-state index contributed by atoms with van der Waals surface area (Å²) in [5, 5.41) is 16.0.